The van der Waals surface area contributed by atoms with E-state index in [2.05, 4.69) is 0 Å². The Labute approximate surface area is 120 Å². The molecule has 2 rings (SSSR count). The van der Waals surface area contributed by atoms with E-state index in [9.17, 15) is 14.9 Å². The Morgan fingerprint density at radius 1 is 1.19 bits per heavy atom. The Hall–Kier alpha value is -3.02. The zero-order valence-corrected chi connectivity index (χ0v) is 11.0. The van der Waals surface area contributed by atoms with Crippen molar-refractivity contribution < 1.29 is 19.4 Å². The van der Waals surface area contributed by atoms with E-state index in [0.29, 0.717) is 5.56 Å². The second-order valence-electron chi connectivity index (χ2n) is 4.35. The first-order valence-corrected chi connectivity index (χ1v) is 6.18. The standard InChI is InChI=1S/C15H12N2O4/c18-15(19)11-16-9-7-12(8-10-16)5-6-13-3-1-2-4-14(13)17(20)21/h1-10H,11H2/p+1/b6-5-. The van der Waals surface area contributed by atoms with Crippen LogP contribution in [-0.2, 0) is 11.3 Å². The maximum absolute atomic E-state index is 10.9. The lowest BCUT2D eigenvalue weighted by Crippen LogP contribution is -2.36. The van der Waals surface area contributed by atoms with E-state index in [1.54, 1.807) is 54.9 Å². The molecule has 1 heterocycles. The molecule has 1 N–H and O–H groups in total. The van der Waals surface area contributed by atoms with Gasteiger partial charge in [0.1, 0.15) is 0 Å². The van der Waals surface area contributed by atoms with Crippen molar-refractivity contribution in [1.82, 2.24) is 0 Å². The van der Waals surface area contributed by atoms with Crippen LogP contribution in [-0.4, -0.2) is 16.0 Å². The van der Waals surface area contributed by atoms with Gasteiger partial charge in [-0.05, 0) is 17.7 Å². The van der Waals surface area contributed by atoms with Gasteiger partial charge in [0.2, 0.25) is 6.54 Å². The lowest BCUT2D eigenvalue weighted by Gasteiger charge is -1.97. The molecule has 0 bridgehead atoms. The molecule has 0 amide bonds. The highest BCUT2D eigenvalue weighted by molar-refractivity contribution is 5.73. The van der Waals surface area contributed by atoms with Crippen molar-refractivity contribution >= 4 is 23.8 Å². The zero-order valence-electron chi connectivity index (χ0n) is 11.0. The Bertz CT molecular complexity index is 693. The molecular formula is C15H13N2O4+. The van der Waals surface area contributed by atoms with E-state index in [-0.39, 0.29) is 12.2 Å². The van der Waals surface area contributed by atoms with Crippen LogP contribution in [0.3, 0.4) is 0 Å². The SMILES string of the molecule is O=C(O)C[n+]1ccc(/C=C\c2ccccc2[N+](=O)[O-])cc1. The van der Waals surface area contributed by atoms with Gasteiger partial charge in [0.05, 0.1) is 10.5 Å². The van der Waals surface area contributed by atoms with E-state index >= 15 is 0 Å². The van der Waals surface area contributed by atoms with Gasteiger partial charge in [-0.1, -0.05) is 18.2 Å². The van der Waals surface area contributed by atoms with Crippen LogP contribution in [0.5, 0.6) is 0 Å². The molecule has 106 valence electrons. The highest BCUT2D eigenvalue weighted by atomic mass is 16.6. The van der Waals surface area contributed by atoms with Crippen LogP contribution in [0.1, 0.15) is 11.1 Å². The maximum atomic E-state index is 10.9. The van der Waals surface area contributed by atoms with Crippen molar-refractivity contribution in [3.63, 3.8) is 0 Å². The number of rotatable bonds is 5. The van der Waals surface area contributed by atoms with Crippen LogP contribution in [0.15, 0.2) is 48.8 Å². The Morgan fingerprint density at radius 3 is 2.48 bits per heavy atom. The number of nitrogens with zero attached hydrogens (tertiary/aromatic N) is 2. The molecule has 0 saturated heterocycles. The predicted molar refractivity (Wildman–Crippen MR) is 76.3 cm³/mol. The van der Waals surface area contributed by atoms with E-state index in [1.165, 1.54) is 10.6 Å². The summed E-state index contributed by atoms with van der Waals surface area (Å²) in [7, 11) is 0. The minimum absolute atomic E-state index is 0.0469. The summed E-state index contributed by atoms with van der Waals surface area (Å²) in [5, 5.41) is 19.6. The molecule has 0 spiro atoms. The van der Waals surface area contributed by atoms with Crippen LogP contribution in [0.25, 0.3) is 12.2 Å². The smallest absolute Gasteiger partial charge is 0.370 e. The fourth-order valence-corrected chi connectivity index (χ4v) is 1.82. The number of carbonyl (C=O) groups is 1. The number of benzene rings is 1. The van der Waals surface area contributed by atoms with Crippen molar-refractivity contribution in [1.29, 1.82) is 0 Å². The summed E-state index contributed by atoms with van der Waals surface area (Å²) in [4.78, 5) is 21.0. The van der Waals surface area contributed by atoms with Gasteiger partial charge in [-0.25, -0.2) is 4.79 Å². The molecular weight excluding hydrogens is 272 g/mol. The van der Waals surface area contributed by atoms with Crippen LogP contribution in [0.2, 0.25) is 0 Å². The molecule has 0 saturated carbocycles. The number of pyridine rings is 1. The average molecular weight is 285 g/mol. The van der Waals surface area contributed by atoms with Crippen LogP contribution in [0, 0.1) is 10.1 Å². The summed E-state index contributed by atoms with van der Waals surface area (Å²) >= 11 is 0. The number of para-hydroxylation sites is 1. The second-order valence-corrected chi connectivity index (χ2v) is 4.35. The third-order valence-electron chi connectivity index (χ3n) is 2.82. The molecule has 6 nitrogen and oxygen atoms in total. The van der Waals surface area contributed by atoms with Crippen molar-refractivity contribution in [2.24, 2.45) is 0 Å². The maximum Gasteiger partial charge on any atom is 0.370 e. The van der Waals surface area contributed by atoms with Gasteiger partial charge in [0, 0.05) is 18.2 Å². The molecule has 0 radical (unpaired) electrons. The van der Waals surface area contributed by atoms with Crippen molar-refractivity contribution in [3.8, 4) is 0 Å². The number of carboxylic acid groups (broad SMARTS) is 1. The number of carboxylic acids is 1. The van der Waals surface area contributed by atoms with Crippen LogP contribution >= 0.6 is 0 Å². The van der Waals surface area contributed by atoms with Gasteiger partial charge in [-0.2, -0.15) is 4.57 Å². The molecule has 0 unspecified atom stereocenters. The van der Waals surface area contributed by atoms with Gasteiger partial charge in [-0.3, -0.25) is 10.1 Å². The summed E-state index contributed by atoms with van der Waals surface area (Å²) in [6, 6.07) is 9.96. The van der Waals surface area contributed by atoms with Gasteiger partial charge in [0.25, 0.3) is 5.69 Å². The number of hydrogen-bond acceptors (Lipinski definition) is 3. The van der Waals surface area contributed by atoms with Crippen LogP contribution in [0.4, 0.5) is 5.69 Å². The number of nitro groups is 1. The molecule has 1 aromatic carbocycles. The molecule has 0 atom stereocenters. The quantitative estimate of drug-likeness (QED) is 0.518. The molecule has 6 heteroatoms. The van der Waals surface area contributed by atoms with E-state index in [4.69, 9.17) is 5.11 Å². The highest BCUT2D eigenvalue weighted by Gasteiger charge is 2.09. The molecule has 0 fully saturated rings. The Kier molecular flexibility index (Phi) is 4.40. The van der Waals surface area contributed by atoms with Crippen LogP contribution < -0.4 is 4.57 Å². The monoisotopic (exact) mass is 285 g/mol. The summed E-state index contributed by atoms with van der Waals surface area (Å²) in [5.41, 5.74) is 1.39. The van der Waals surface area contributed by atoms with Gasteiger partial charge in [-0.15, -0.1) is 0 Å². The topological polar surface area (TPSA) is 84.3 Å². The fraction of sp³-hybridized carbons (Fsp3) is 0.0667. The number of nitro benzene ring substituents is 1. The third kappa shape index (κ3) is 3.97. The summed E-state index contributed by atoms with van der Waals surface area (Å²) in [6.45, 7) is -0.103. The van der Waals surface area contributed by atoms with Gasteiger partial charge in [0.15, 0.2) is 12.4 Å². The molecule has 1 aromatic heterocycles. The first-order chi connectivity index (χ1) is 10.1. The molecule has 0 aliphatic rings. The van der Waals surface area contributed by atoms with Crippen molar-refractivity contribution in [2.75, 3.05) is 0 Å². The summed E-state index contributed by atoms with van der Waals surface area (Å²) < 4.78 is 1.53. The fourth-order valence-electron chi connectivity index (χ4n) is 1.82. The van der Waals surface area contributed by atoms with Gasteiger partial charge < -0.3 is 5.11 Å². The summed E-state index contributed by atoms with van der Waals surface area (Å²) in [6.07, 6.45) is 6.70. The number of hydrogen-bond donors (Lipinski definition) is 1. The molecule has 0 aliphatic heterocycles. The molecule has 0 aliphatic carbocycles. The lowest BCUT2D eigenvalue weighted by atomic mass is 10.1. The summed E-state index contributed by atoms with van der Waals surface area (Å²) in [5.74, 6) is -0.914. The van der Waals surface area contributed by atoms with E-state index < -0.39 is 10.9 Å². The first-order valence-electron chi connectivity index (χ1n) is 6.18. The predicted octanol–water partition coefficient (Wildman–Crippen LogP) is 2.14. The Morgan fingerprint density at radius 2 is 1.86 bits per heavy atom. The average Bonchev–Trinajstić information content (AvgIpc) is 2.46. The second kappa shape index (κ2) is 6.42. The van der Waals surface area contributed by atoms with E-state index in [1.807, 2.05) is 0 Å². The van der Waals surface area contributed by atoms with Crippen molar-refractivity contribution in [2.45, 2.75) is 6.54 Å². The highest BCUT2D eigenvalue weighted by Crippen LogP contribution is 2.19. The third-order valence-corrected chi connectivity index (χ3v) is 2.82. The minimum Gasteiger partial charge on any atom is -0.477 e. The first kappa shape index (κ1) is 14.4. The normalized spacial score (nSPS) is 10.7. The van der Waals surface area contributed by atoms with Gasteiger partial charge >= 0.3 is 5.97 Å². The van der Waals surface area contributed by atoms with Crippen molar-refractivity contribution in [3.05, 3.63) is 70.0 Å². The zero-order chi connectivity index (χ0) is 15.2. The number of aromatic nitrogens is 1. The molecule has 2 aromatic rings. The Balaban J connectivity index is 2.18. The lowest BCUT2D eigenvalue weighted by molar-refractivity contribution is -0.685. The molecule has 21 heavy (non-hydrogen) atoms. The largest absolute Gasteiger partial charge is 0.477 e. The number of aliphatic carboxylic acids is 1. The van der Waals surface area contributed by atoms with E-state index in [0.717, 1.165) is 5.56 Å². The minimum atomic E-state index is -0.914.